The Bertz CT molecular complexity index is 977. The van der Waals surface area contributed by atoms with Gasteiger partial charge < -0.3 is 9.84 Å². The lowest BCUT2D eigenvalue weighted by molar-refractivity contribution is -0.139. The molecule has 0 atom stereocenters. The summed E-state index contributed by atoms with van der Waals surface area (Å²) in [4.78, 5) is 37.3. The highest BCUT2D eigenvalue weighted by Crippen LogP contribution is 2.35. The number of carbonyl (C=O) groups excluding carboxylic acids is 2. The SMILES string of the molecule is O=C(O)COc1ccc(Br)cc1/C=C1\SC(=O)N(Cc2ccc(I)cc2)C1=O. The van der Waals surface area contributed by atoms with Crippen LogP contribution in [0.5, 0.6) is 5.75 Å². The van der Waals surface area contributed by atoms with Gasteiger partial charge in [-0.15, -0.1) is 0 Å². The van der Waals surface area contributed by atoms with Crippen LogP contribution in [0.1, 0.15) is 11.1 Å². The molecule has 0 bridgehead atoms. The molecule has 2 aromatic rings. The van der Waals surface area contributed by atoms with Gasteiger partial charge in [-0.1, -0.05) is 28.1 Å². The number of amides is 2. The summed E-state index contributed by atoms with van der Waals surface area (Å²) in [5.41, 5.74) is 1.37. The van der Waals surface area contributed by atoms with Crippen molar-refractivity contribution in [2.45, 2.75) is 6.54 Å². The maximum Gasteiger partial charge on any atom is 0.341 e. The molecule has 0 aliphatic carbocycles. The van der Waals surface area contributed by atoms with Crippen LogP contribution < -0.4 is 4.74 Å². The van der Waals surface area contributed by atoms with E-state index >= 15 is 0 Å². The zero-order chi connectivity index (χ0) is 20.3. The molecule has 2 aromatic carbocycles. The first-order valence-corrected chi connectivity index (χ1v) is 10.7. The van der Waals surface area contributed by atoms with Crippen LogP contribution in [-0.2, 0) is 16.1 Å². The number of hydrogen-bond donors (Lipinski definition) is 1. The average molecular weight is 574 g/mol. The summed E-state index contributed by atoms with van der Waals surface area (Å²) < 4.78 is 7.08. The lowest BCUT2D eigenvalue weighted by atomic mass is 10.1. The number of benzene rings is 2. The highest BCUT2D eigenvalue weighted by atomic mass is 127. The highest BCUT2D eigenvalue weighted by Gasteiger charge is 2.35. The van der Waals surface area contributed by atoms with E-state index in [1.807, 2.05) is 24.3 Å². The van der Waals surface area contributed by atoms with E-state index in [9.17, 15) is 14.4 Å². The topological polar surface area (TPSA) is 83.9 Å². The Morgan fingerprint density at radius 1 is 1.21 bits per heavy atom. The molecule has 3 rings (SSSR count). The van der Waals surface area contributed by atoms with Crippen LogP contribution in [-0.4, -0.2) is 33.7 Å². The Kier molecular flexibility index (Phi) is 6.78. The number of imide groups is 1. The summed E-state index contributed by atoms with van der Waals surface area (Å²) in [5.74, 6) is -1.18. The van der Waals surface area contributed by atoms with Crippen molar-refractivity contribution < 1.29 is 24.2 Å². The molecule has 2 amide bonds. The molecule has 0 aromatic heterocycles. The van der Waals surface area contributed by atoms with E-state index in [1.54, 1.807) is 24.3 Å². The molecule has 1 aliphatic rings. The fourth-order valence-electron chi connectivity index (χ4n) is 2.45. The molecule has 28 heavy (non-hydrogen) atoms. The standard InChI is InChI=1S/C19H13BrINO5S/c20-13-3-6-15(27-10-17(23)24)12(7-13)8-16-18(25)22(19(26)28-16)9-11-1-4-14(21)5-2-11/h1-8H,9-10H2,(H,23,24)/b16-8-. The van der Waals surface area contributed by atoms with Gasteiger partial charge in [0.2, 0.25) is 0 Å². The Balaban J connectivity index is 1.84. The van der Waals surface area contributed by atoms with Crippen molar-refractivity contribution in [2.24, 2.45) is 0 Å². The van der Waals surface area contributed by atoms with Crippen molar-refractivity contribution in [1.29, 1.82) is 0 Å². The molecule has 0 radical (unpaired) electrons. The minimum atomic E-state index is -1.10. The monoisotopic (exact) mass is 573 g/mol. The molecule has 6 nitrogen and oxygen atoms in total. The second-order valence-corrected chi connectivity index (χ2v) is 8.91. The summed E-state index contributed by atoms with van der Waals surface area (Å²) in [5, 5.41) is 8.46. The first-order chi connectivity index (χ1) is 13.3. The smallest absolute Gasteiger partial charge is 0.341 e. The third-order valence-corrected chi connectivity index (χ3v) is 5.86. The third kappa shape index (κ3) is 5.15. The van der Waals surface area contributed by atoms with Crippen LogP contribution in [0.4, 0.5) is 4.79 Å². The number of halogens is 2. The predicted octanol–water partition coefficient (Wildman–Crippen LogP) is 4.75. The fourth-order valence-corrected chi connectivity index (χ4v) is 4.02. The molecule has 1 heterocycles. The van der Waals surface area contributed by atoms with Gasteiger partial charge in [-0.3, -0.25) is 14.5 Å². The van der Waals surface area contributed by atoms with E-state index < -0.39 is 18.5 Å². The molecule has 0 spiro atoms. The van der Waals surface area contributed by atoms with Crippen molar-refractivity contribution in [3.8, 4) is 5.75 Å². The van der Waals surface area contributed by atoms with Gasteiger partial charge in [-0.05, 0) is 76.3 Å². The van der Waals surface area contributed by atoms with E-state index in [2.05, 4.69) is 38.5 Å². The molecule has 1 aliphatic heterocycles. The number of ether oxygens (including phenoxy) is 1. The lowest BCUT2D eigenvalue weighted by Gasteiger charge is -2.12. The van der Waals surface area contributed by atoms with Crippen LogP contribution in [0, 0.1) is 3.57 Å². The van der Waals surface area contributed by atoms with Crippen LogP contribution in [0.2, 0.25) is 0 Å². The summed E-state index contributed by atoms with van der Waals surface area (Å²) in [7, 11) is 0. The van der Waals surface area contributed by atoms with Crippen molar-refractivity contribution in [3.63, 3.8) is 0 Å². The number of carboxylic acid groups (broad SMARTS) is 1. The van der Waals surface area contributed by atoms with Crippen LogP contribution in [0.3, 0.4) is 0 Å². The van der Waals surface area contributed by atoms with Crippen LogP contribution >= 0.6 is 50.3 Å². The normalized spacial score (nSPS) is 15.4. The first kappa shape index (κ1) is 20.9. The van der Waals surface area contributed by atoms with Crippen molar-refractivity contribution in [3.05, 3.63) is 66.5 Å². The zero-order valence-corrected chi connectivity index (χ0v) is 18.8. The Morgan fingerprint density at radius 3 is 2.61 bits per heavy atom. The number of carbonyl (C=O) groups is 3. The summed E-state index contributed by atoms with van der Waals surface area (Å²) in [6.45, 7) is -0.309. The van der Waals surface area contributed by atoms with Gasteiger partial charge in [0.05, 0.1) is 11.4 Å². The Hall–Kier alpha value is -1.85. The molecule has 0 saturated carbocycles. The van der Waals surface area contributed by atoms with E-state index in [0.717, 1.165) is 25.4 Å². The molecule has 9 heteroatoms. The highest BCUT2D eigenvalue weighted by molar-refractivity contribution is 14.1. The summed E-state index contributed by atoms with van der Waals surface area (Å²) >= 11 is 6.38. The Labute approximate surface area is 187 Å². The Morgan fingerprint density at radius 2 is 1.93 bits per heavy atom. The van der Waals surface area contributed by atoms with Crippen molar-refractivity contribution in [1.82, 2.24) is 4.90 Å². The lowest BCUT2D eigenvalue weighted by Crippen LogP contribution is -2.27. The fraction of sp³-hybridized carbons (Fsp3) is 0.105. The number of aliphatic carboxylic acids is 1. The predicted molar refractivity (Wildman–Crippen MR) is 118 cm³/mol. The quantitative estimate of drug-likeness (QED) is 0.396. The largest absolute Gasteiger partial charge is 0.481 e. The molecular formula is C19H13BrINO5S. The van der Waals surface area contributed by atoms with Crippen molar-refractivity contribution in [2.75, 3.05) is 6.61 Å². The summed E-state index contributed by atoms with van der Waals surface area (Å²) in [6, 6.07) is 12.6. The molecule has 1 saturated heterocycles. The van der Waals surface area contributed by atoms with Gasteiger partial charge >= 0.3 is 5.97 Å². The van der Waals surface area contributed by atoms with Gasteiger partial charge in [-0.25, -0.2) is 4.79 Å². The minimum absolute atomic E-state index is 0.194. The zero-order valence-electron chi connectivity index (χ0n) is 14.2. The van der Waals surface area contributed by atoms with E-state index in [4.69, 9.17) is 9.84 Å². The molecular weight excluding hydrogens is 561 g/mol. The molecule has 1 N–H and O–H groups in total. The molecule has 0 unspecified atom stereocenters. The number of carboxylic acids is 1. The third-order valence-electron chi connectivity index (χ3n) is 3.74. The number of rotatable bonds is 6. The van der Waals surface area contributed by atoms with Crippen molar-refractivity contribution >= 4 is 73.5 Å². The van der Waals surface area contributed by atoms with Gasteiger partial charge in [0.25, 0.3) is 11.1 Å². The first-order valence-electron chi connectivity index (χ1n) is 7.97. The second-order valence-electron chi connectivity index (χ2n) is 5.76. The van der Waals surface area contributed by atoms with Gasteiger partial charge in [0, 0.05) is 13.6 Å². The number of thioether (sulfide) groups is 1. The van der Waals surface area contributed by atoms with Gasteiger partial charge in [0.15, 0.2) is 6.61 Å². The van der Waals surface area contributed by atoms with E-state index in [-0.39, 0.29) is 16.7 Å². The van der Waals surface area contributed by atoms with Crippen LogP contribution in [0.15, 0.2) is 51.8 Å². The second kappa shape index (κ2) is 9.10. The molecule has 144 valence electrons. The minimum Gasteiger partial charge on any atom is -0.481 e. The summed E-state index contributed by atoms with van der Waals surface area (Å²) in [6.07, 6.45) is 1.54. The molecule has 1 fully saturated rings. The van der Waals surface area contributed by atoms with Gasteiger partial charge in [0.1, 0.15) is 5.75 Å². The average Bonchev–Trinajstić information content (AvgIpc) is 2.90. The van der Waals surface area contributed by atoms with E-state index in [1.165, 1.54) is 4.90 Å². The van der Waals surface area contributed by atoms with Gasteiger partial charge in [-0.2, -0.15) is 0 Å². The van der Waals surface area contributed by atoms with E-state index in [0.29, 0.717) is 11.3 Å². The maximum atomic E-state index is 12.7. The van der Waals surface area contributed by atoms with Crippen LogP contribution in [0.25, 0.3) is 6.08 Å². The number of nitrogens with zero attached hydrogens (tertiary/aromatic N) is 1. The number of hydrogen-bond acceptors (Lipinski definition) is 5. The maximum absolute atomic E-state index is 12.7.